The molecule has 1 aliphatic heterocycles. The summed E-state index contributed by atoms with van der Waals surface area (Å²) >= 11 is 3.56. The number of halogens is 1. The Hall–Kier alpha value is -0.0900. The molecule has 104 valence electrons. The summed E-state index contributed by atoms with van der Waals surface area (Å²) < 4.78 is 5.40. The molecule has 1 N–H and O–H groups in total. The summed E-state index contributed by atoms with van der Waals surface area (Å²) in [4.78, 5) is 12.5. The first-order chi connectivity index (χ1) is 8.49. The molecule has 1 unspecified atom stereocenters. The number of hydrogen-bond acceptors (Lipinski definition) is 2. The second-order valence-electron chi connectivity index (χ2n) is 6.45. The third kappa shape index (κ3) is 2.90. The van der Waals surface area contributed by atoms with Crippen molar-refractivity contribution in [2.45, 2.75) is 51.5 Å². The lowest BCUT2D eigenvalue weighted by atomic mass is 9.80. The molecule has 1 heterocycles. The highest BCUT2D eigenvalue weighted by Crippen LogP contribution is 2.43. The molecule has 0 radical (unpaired) electrons. The van der Waals surface area contributed by atoms with E-state index in [0.717, 1.165) is 44.2 Å². The fraction of sp³-hybridized carbons (Fsp3) is 0.929. The smallest absolute Gasteiger partial charge is 0.224 e. The number of alkyl halides is 1. The summed E-state index contributed by atoms with van der Waals surface area (Å²) in [6, 6.07) is 0. The van der Waals surface area contributed by atoms with Crippen LogP contribution in [0.3, 0.4) is 0 Å². The Labute approximate surface area is 118 Å². The van der Waals surface area contributed by atoms with Gasteiger partial charge in [-0.1, -0.05) is 36.2 Å². The summed E-state index contributed by atoms with van der Waals surface area (Å²) in [5.74, 6) is 0.426. The maximum Gasteiger partial charge on any atom is 0.224 e. The van der Waals surface area contributed by atoms with E-state index >= 15 is 0 Å². The number of carbonyl (C=O) groups excluding carboxylic acids is 1. The van der Waals surface area contributed by atoms with Gasteiger partial charge >= 0.3 is 0 Å². The van der Waals surface area contributed by atoms with Crippen LogP contribution in [-0.4, -0.2) is 30.0 Å². The van der Waals surface area contributed by atoms with Gasteiger partial charge in [0, 0.05) is 24.5 Å². The van der Waals surface area contributed by atoms with Crippen molar-refractivity contribution < 1.29 is 9.53 Å². The molecule has 2 aliphatic rings. The van der Waals surface area contributed by atoms with Crippen molar-refractivity contribution in [2.75, 3.05) is 18.5 Å². The molecule has 1 saturated carbocycles. The molecule has 0 aromatic rings. The Morgan fingerprint density at radius 2 is 2.00 bits per heavy atom. The van der Waals surface area contributed by atoms with Gasteiger partial charge in [0.25, 0.3) is 0 Å². The second-order valence-corrected chi connectivity index (χ2v) is 7.01. The Bertz CT molecular complexity index is 311. The first-order valence-electron chi connectivity index (χ1n) is 6.95. The van der Waals surface area contributed by atoms with Gasteiger partial charge < -0.3 is 10.1 Å². The summed E-state index contributed by atoms with van der Waals surface area (Å²) in [5.41, 5.74) is 0.0662. The first-order valence-corrected chi connectivity index (χ1v) is 8.07. The fourth-order valence-corrected chi connectivity index (χ4v) is 3.92. The zero-order chi connectivity index (χ0) is 13.2. The van der Waals surface area contributed by atoms with Crippen LogP contribution in [0.15, 0.2) is 0 Å². The number of amides is 1. The first kappa shape index (κ1) is 14.3. The quantitative estimate of drug-likeness (QED) is 0.813. The standard InChI is InChI=1S/C14H24BrNO2/c1-13(2)5-3-4-11(13)12(17)16-14(10-15)6-8-18-9-7-14/h11H,3-10H2,1-2H3,(H,16,17). The van der Waals surface area contributed by atoms with Gasteiger partial charge in [-0.2, -0.15) is 0 Å². The topological polar surface area (TPSA) is 38.3 Å². The zero-order valence-corrected chi connectivity index (χ0v) is 13.0. The van der Waals surface area contributed by atoms with Crippen LogP contribution < -0.4 is 5.32 Å². The molecular weight excluding hydrogens is 294 g/mol. The maximum atomic E-state index is 12.5. The highest BCUT2D eigenvalue weighted by Gasteiger charge is 2.42. The van der Waals surface area contributed by atoms with Gasteiger partial charge in [-0.15, -0.1) is 0 Å². The molecule has 18 heavy (non-hydrogen) atoms. The van der Waals surface area contributed by atoms with Gasteiger partial charge in [-0.3, -0.25) is 4.79 Å². The summed E-state index contributed by atoms with van der Waals surface area (Å²) in [7, 11) is 0. The molecule has 1 aliphatic carbocycles. The average molecular weight is 318 g/mol. The van der Waals surface area contributed by atoms with Crippen molar-refractivity contribution in [1.29, 1.82) is 0 Å². The highest BCUT2D eigenvalue weighted by atomic mass is 79.9. The predicted octanol–water partition coefficient (Wildman–Crippen LogP) is 2.87. The lowest BCUT2D eigenvalue weighted by Gasteiger charge is -2.38. The molecule has 1 saturated heterocycles. The van der Waals surface area contributed by atoms with Gasteiger partial charge in [-0.05, 0) is 31.1 Å². The monoisotopic (exact) mass is 317 g/mol. The molecule has 3 nitrogen and oxygen atoms in total. The van der Waals surface area contributed by atoms with Crippen molar-refractivity contribution in [3.63, 3.8) is 0 Å². The Morgan fingerprint density at radius 1 is 1.33 bits per heavy atom. The number of hydrogen-bond donors (Lipinski definition) is 1. The van der Waals surface area contributed by atoms with Crippen LogP contribution in [0.1, 0.15) is 46.0 Å². The number of carbonyl (C=O) groups is 1. The zero-order valence-electron chi connectivity index (χ0n) is 11.4. The second kappa shape index (κ2) is 5.49. The minimum atomic E-state index is -0.0893. The van der Waals surface area contributed by atoms with E-state index < -0.39 is 0 Å². The predicted molar refractivity (Wildman–Crippen MR) is 75.8 cm³/mol. The molecule has 0 aromatic heterocycles. The Kier molecular flexibility index (Phi) is 4.37. The van der Waals surface area contributed by atoms with Crippen LogP contribution in [0.4, 0.5) is 0 Å². The average Bonchev–Trinajstić information content (AvgIpc) is 2.70. The molecule has 1 atom stereocenters. The lowest BCUT2D eigenvalue weighted by molar-refractivity contribution is -0.130. The molecule has 2 rings (SSSR count). The van der Waals surface area contributed by atoms with Crippen molar-refractivity contribution in [2.24, 2.45) is 11.3 Å². The van der Waals surface area contributed by atoms with Crippen molar-refractivity contribution in [3.05, 3.63) is 0 Å². The van der Waals surface area contributed by atoms with Crippen LogP contribution in [0, 0.1) is 11.3 Å². The van der Waals surface area contributed by atoms with Crippen LogP contribution in [0.2, 0.25) is 0 Å². The Morgan fingerprint density at radius 3 is 2.50 bits per heavy atom. The highest BCUT2D eigenvalue weighted by molar-refractivity contribution is 9.09. The molecule has 0 bridgehead atoms. The van der Waals surface area contributed by atoms with E-state index in [2.05, 4.69) is 35.1 Å². The maximum absolute atomic E-state index is 12.5. The van der Waals surface area contributed by atoms with Crippen LogP contribution in [0.25, 0.3) is 0 Å². The lowest BCUT2D eigenvalue weighted by Crippen LogP contribution is -2.55. The molecule has 1 amide bonds. The van der Waals surface area contributed by atoms with Gasteiger partial charge in [0.1, 0.15) is 0 Å². The van der Waals surface area contributed by atoms with Gasteiger partial charge in [0.05, 0.1) is 5.54 Å². The fourth-order valence-electron chi connectivity index (χ4n) is 3.22. The van der Waals surface area contributed by atoms with Gasteiger partial charge in [-0.25, -0.2) is 0 Å². The van der Waals surface area contributed by atoms with Gasteiger partial charge in [0.2, 0.25) is 5.91 Å². The minimum absolute atomic E-state index is 0.0893. The van der Waals surface area contributed by atoms with Crippen molar-refractivity contribution in [3.8, 4) is 0 Å². The summed E-state index contributed by atoms with van der Waals surface area (Å²) in [6.45, 7) is 5.93. The summed E-state index contributed by atoms with van der Waals surface area (Å²) in [6.07, 6.45) is 5.20. The summed E-state index contributed by atoms with van der Waals surface area (Å²) in [5, 5.41) is 4.14. The third-order valence-corrected chi connectivity index (χ3v) is 5.74. The molecule has 0 aromatic carbocycles. The largest absolute Gasteiger partial charge is 0.381 e. The van der Waals surface area contributed by atoms with E-state index in [9.17, 15) is 4.79 Å². The van der Waals surface area contributed by atoms with Crippen LogP contribution in [-0.2, 0) is 9.53 Å². The van der Waals surface area contributed by atoms with E-state index in [0.29, 0.717) is 0 Å². The molecule has 0 spiro atoms. The van der Waals surface area contributed by atoms with E-state index in [1.807, 2.05) is 0 Å². The molecule has 2 fully saturated rings. The van der Waals surface area contributed by atoms with Crippen LogP contribution in [0.5, 0.6) is 0 Å². The number of nitrogens with one attached hydrogen (secondary N) is 1. The van der Waals surface area contributed by atoms with Crippen molar-refractivity contribution >= 4 is 21.8 Å². The van der Waals surface area contributed by atoms with E-state index in [1.54, 1.807) is 0 Å². The Balaban J connectivity index is 2.01. The molecular formula is C14H24BrNO2. The number of rotatable bonds is 3. The SMILES string of the molecule is CC1(C)CCCC1C(=O)NC1(CBr)CCOCC1. The normalized spacial score (nSPS) is 30.1. The van der Waals surface area contributed by atoms with E-state index in [-0.39, 0.29) is 22.8 Å². The third-order valence-electron chi connectivity index (χ3n) is 4.67. The van der Waals surface area contributed by atoms with Crippen LogP contribution >= 0.6 is 15.9 Å². The van der Waals surface area contributed by atoms with E-state index in [1.165, 1.54) is 6.42 Å². The van der Waals surface area contributed by atoms with Crippen molar-refractivity contribution in [1.82, 2.24) is 5.32 Å². The van der Waals surface area contributed by atoms with E-state index in [4.69, 9.17) is 4.74 Å². The molecule has 4 heteroatoms. The van der Waals surface area contributed by atoms with Gasteiger partial charge in [0.15, 0.2) is 0 Å². The number of ether oxygens (including phenoxy) is 1. The minimum Gasteiger partial charge on any atom is -0.381 e.